The lowest BCUT2D eigenvalue weighted by atomic mass is 10.1. The number of guanidine groups is 1. The van der Waals surface area contributed by atoms with E-state index in [0.29, 0.717) is 6.10 Å². The number of hydrogen-bond acceptors (Lipinski definition) is 4. The van der Waals surface area contributed by atoms with E-state index in [1.54, 1.807) is 7.11 Å². The van der Waals surface area contributed by atoms with E-state index in [2.05, 4.69) is 15.2 Å². The summed E-state index contributed by atoms with van der Waals surface area (Å²) in [6, 6.07) is 0. The lowest BCUT2D eigenvalue weighted by Crippen LogP contribution is -2.47. The molecule has 1 aliphatic heterocycles. The molecule has 0 bridgehead atoms. The van der Waals surface area contributed by atoms with Gasteiger partial charge in [-0.1, -0.05) is 0 Å². The van der Waals surface area contributed by atoms with Crippen molar-refractivity contribution in [3.05, 3.63) is 0 Å². The maximum atomic E-state index is 5.90. The van der Waals surface area contributed by atoms with Crippen molar-refractivity contribution in [2.24, 2.45) is 4.99 Å². The van der Waals surface area contributed by atoms with E-state index in [-0.39, 0.29) is 0 Å². The maximum Gasteiger partial charge on any atom is 0.193 e. The van der Waals surface area contributed by atoms with Crippen LogP contribution in [0.15, 0.2) is 4.99 Å². The van der Waals surface area contributed by atoms with Crippen LogP contribution in [0.1, 0.15) is 39.0 Å². The van der Waals surface area contributed by atoms with Crippen LogP contribution >= 0.6 is 0 Å². The van der Waals surface area contributed by atoms with Crippen molar-refractivity contribution in [2.75, 3.05) is 60.2 Å². The third kappa shape index (κ3) is 9.13. The molecule has 1 fully saturated rings. The molecule has 0 amide bonds. The van der Waals surface area contributed by atoms with Gasteiger partial charge in [0.2, 0.25) is 0 Å². The van der Waals surface area contributed by atoms with Crippen LogP contribution in [0, 0.1) is 0 Å². The zero-order chi connectivity index (χ0) is 16.8. The predicted octanol–water partition coefficient (Wildman–Crippen LogP) is 1.90. The summed E-state index contributed by atoms with van der Waals surface area (Å²) in [5.74, 6) is 1.01. The number of nitrogens with zero attached hydrogens (tertiary/aromatic N) is 2. The first-order valence-electron chi connectivity index (χ1n) is 8.95. The average Bonchev–Trinajstić information content (AvgIpc) is 2.59. The second kappa shape index (κ2) is 13.6. The van der Waals surface area contributed by atoms with Crippen LogP contribution in [0.3, 0.4) is 0 Å². The van der Waals surface area contributed by atoms with Gasteiger partial charge in [0.15, 0.2) is 5.96 Å². The summed E-state index contributed by atoms with van der Waals surface area (Å²) in [6.07, 6.45) is 5.69. The molecule has 0 aromatic heterocycles. The number of nitrogens with one attached hydrogen (secondary N) is 1. The fourth-order valence-electron chi connectivity index (χ4n) is 2.69. The second-order valence-corrected chi connectivity index (χ2v) is 5.78. The molecule has 6 nitrogen and oxygen atoms in total. The van der Waals surface area contributed by atoms with Crippen LogP contribution in [0.25, 0.3) is 0 Å². The van der Waals surface area contributed by atoms with Gasteiger partial charge in [-0.3, -0.25) is 4.99 Å². The Balaban J connectivity index is 2.13. The third-order valence-electron chi connectivity index (χ3n) is 4.00. The van der Waals surface area contributed by atoms with Crippen molar-refractivity contribution in [1.82, 2.24) is 10.2 Å². The lowest BCUT2D eigenvalue weighted by molar-refractivity contribution is 0.00990. The number of hydrogen-bond donors (Lipinski definition) is 1. The van der Waals surface area contributed by atoms with Gasteiger partial charge < -0.3 is 24.4 Å². The number of likely N-dealkylation sites (tertiary alicyclic amines) is 1. The number of unbranched alkanes of at least 4 members (excludes halogenated alkanes) is 1. The van der Waals surface area contributed by atoms with Crippen molar-refractivity contribution in [2.45, 2.75) is 45.1 Å². The molecule has 1 N–H and O–H groups in total. The smallest absolute Gasteiger partial charge is 0.193 e. The normalized spacial score (nSPS) is 16.8. The Labute approximate surface area is 141 Å². The fraction of sp³-hybridized carbons (Fsp3) is 0.941. The van der Waals surface area contributed by atoms with Crippen LogP contribution in [0.2, 0.25) is 0 Å². The molecule has 0 saturated carbocycles. The predicted molar refractivity (Wildman–Crippen MR) is 94.1 cm³/mol. The summed E-state index contributed by atoms with van der Waals surface area (Å²) < 4.78 is 16.3. The number of rotatable bonds is 11. The standard InChI is InChI=1S/C17H35N3O3/c1-4-22-14-6-5-10-19-17(18-2)20-11-8-16(9-12-20)23-15-7-13-21-3/h16H,4-15H2,1-3H3,(H,18,19). The molecular weight excluding hydrogens is 294 g/mol. The molecule has 0 aliphatic carbocycles. The summed E-state index contributed by atoms with van der Waals surface area (Å²) in [7, 11) is 3.59. The minimum Gasteiger partial charge on any atom is -0.385 e. The van der Waals surface area contributed by atoms with Crippen molar-refractivity contribution >= 4 is 5.96 Å². The van der Waals surface area contributed by atoms with Gasteiger partial charge in [0.1, 0.15) is 0 Å². The molecule has 0 atom stereocenters. The Bertz CT molecular complexity index is 305. The van der Waals surface area contributed by atoms with Crippen molar-refractivity contribution in [1.29, 1.82) is 0 Å². The average molecular weight is 329 g/mol. The third-order valence-corrected chi connectivity index (χ3v) is 4.00. The quantitative estimate of drug-likeness (QED) is 0.356. The zero-order valence-corrected chi connectivity index (χ0v) is 15.2. The fourth-order valence-corrected chi connectivity index (χ4v) is 2.69. The first-order valence-corrected chi connectivity index (χ1v) is 8.95. The summed E-state index contributed by atoms with van der Waals surface area (Å²) in [6.45, 7) is 8.23. The van der Waals surface area contributed by atoms with Gasteiger partial charge in [-0.2, -0.15) is 0 Å². The van der Waals surface area contributed by atoms with Crippen molar-refractivity contribution in [3.63, 3.8) is 0 Å². The molecule has 1 aliphatic rings. The molecule has 136 valence electrons. The highest BCUT2D eigenvalue weighted by Crippen LogP contribution is 2.14. The molecule has 23 heavy (non-hydrogen) atoms. The van der Waals surface area contributed by atoms with Gasteiger partial charge in [-0.05, 0) is 39.0 Å². The summed E-state index contributed by atoms with van der Waals surface area (Å²) in [5, 5.41) is 3.45. The topological polar surface area (TPSA) is 55.3 Å². The molecule has 0 aromatic carbocycles. The first kappa shape index (κ1) is 20.2. The monoisotopic (exact) mass is 329 g/mol. The van der Waals surface area contributed by atoms with Gasteiger partial charge in [0.25, 0.3) is 0 Å². The highest BCUT2D eigenvalue weighted by atomic mass is 16.5. The Hall–Kier alpha value is -0.850. The van der Waals surface area contributed by atoms with Crippen LogP contribution in [0.5, 0.6) is 0 Å². The van der Waals surface area contributed by atoms with Crippen LogP contribution in [-0.2, 0) is 14.2 Å². The molecule has 0 unspecified atom stereocenters. The zero-order valence-electron chi connectivity index (χ0n) is 15.2. The van der Waals surface area contributed by atoms with Gasteiger partial charge >= 0.3 is 0 Å². The van der Waals surface area contributed by atoms with Gasteiger partial charge in [-0.15, -0.1) is 0 Å². The molecule has 0 aromatic rings. The van der Waals surface area contributed by atoms with E-state index in [4.69, 9.17) is 14.2 Å². The van der Waals surface area contributed by atoms with E-state index in [0.717, 1.165) is 84.1 Å². The minimum absolute atomic E-state index is 0.382. The molecule has 1 heterocycles. The van der Waals surface area contributed by atoms with Gasteiger partial charge in [0.05, 0.1) is 6.10 Å². The molecular formula is C17H35N3O3. The summed E-state index contributed by atoms with van der Waals surface area (Å²) in [5.41, 5.74) is 0. The lowest BCUT2D eigenvalue weighted by Gasteiger charge is -2.34. The number of methoxy groups -OCH3 is 1. The first-order chi connectivity index (χ1) is 11.3. The molecule has 1 saturated heterocycles. The second-order valence-electron chi connectivity index (χ2n) is 5.78. The van der Waals surface area contributed by atoms with E-state index in [9.17, 15) is 0 Å². The molecule has 1 rings (SSSR count). The minimum atomic E-state index is 0.382. The number of aliphatic imine (C=N–C) groups is 1. The van der Waals surface area contributed by atoms with Gasteiger partial charge in [0, 0.05) is 60.2 Å². The Morgan fingerprint density at radius 3 is 2.57 bits per heavy atom. The van der Waals surface area contributed by atoms with Crippen LogP contribution in [0.4, 0.5) is 0 Å². The van der Waals surface area contributed by atoms with Crippen molar-refractivity contribution in [3.8, 4) is 0 Å². The number of piperidine rings is 1. The largest absolute Gasteiger partial charge is 0.385 e. The molecule has 6 heteroatoms. The van der Waals surface area contributed by atoms with Gasteiger partial charge in [-0.25, -0.2) is 0 Å². The molecule has 0 spiro atoms. The molecule has 0 radical (unpaired) electrons. The Morgan fingerprint density at radius 1 is 1.13 bits per heavy atom. The SMILES string of the molecule is CCOCCCCNC(=NC)N1CCC(OCCCOC)CC1. The van der Waals surface area contributed by atoms with E-state index in [1.807, 2.05) is 14.0 Å². The van der Waals surface area contributed by atoms with E-state index in [1.165, 1.54) is 0 Å². The highest BCUT2D eigenvalue weighted by molar-refractivity contribution is 5.79. The Kier molecular flexibility index (Phi) is 11.9. The van der Waals surface area contributed by atoms with Crippen LogP contribution < -0.4 is 5.32 Å². The Morgan fingerprint density at radius 2 is 1.91 bits per heavy atom. The van der Waals surface area contributed by atoms with Crippen molar-refractivity contribution < 1.29 is 14.2 Å². The van der Waals surface area contributed by atoms with Crippen LogP contribution in [-0.4, -0.2) is 77.2 Å². The summed E-state index contributed by atoms with van der Waals surface area (Å²) >= 11 is 0. The maximum absolute atomic E-state index is 5.90. The highest BCUT2D eigenvalue weighted by Gasteiger charge is 2.21. The van der Waals surface area contributed by atoms with E-state index >= 15 is 0 Å². The van der Waals surface area contributed by atoms with E-state index < -0.39 is 0 Å². The number of ether oxygens (including phenoxy) is 3. The summed E-state index contributed by atoms with van der Waals surface area (Å²) in [4.78, 5) is 6.73.